The molecular formula is C27H32N2O2. The first kappa shape index (κ1) is 20.3. The van der Waals surface area contributed by atoms with Crippen molar-refractivity contribution >= 4 is 16.9 Å². The molecule has 0 radical (unpaired) electrons. The Morgan fingerprint density at radius 2 is 1.87 bits per heavy atom. The topological polar surface area (TPSA) is 34.5 Å². The van der Waals surface area contributed by atoms with Gasteiger partial charge in [-0.1, -0.05) is 55.5 Å². The first-order chi connectivity index (χ1) is 15.1. The number of nitrogens with zero attached hydrogens (tertiary/aromatic N) is 2. The zero-order chi connectivity index (χ0) is 21.6. The van der Waals surface area contributed by atoms with E-state index >= 15 is 0 Å². The first-order valence-electron chi connectivity index (χ1n) is 11.5. The van der Waals surface area contributed by atoms with Crippen molar-refractivity contribution < 1.29 is 9.53 Å². The number of carbonyl (C=O) groups is 1. The maximum atomic E-state index is 13.0. The molecule has 0 spiro atoms. The summed E-state index contributed by atoms with van der Waals surface area (Å²) >= 11 is 0. The lowest BCUT2D eigenvalue weighted by atomic mass is 9.59. The minimum Gasteiger partial charge on any atom is -0.469 e. The predicted molar refractivity (Wildman–Crippen MR) is 124 cm³/mol. The zero-order valence-electron chi connectivity index (χ0n) is 18.8. The van der Waals surface area contributed by atoms with E-state index in [9.17, 15) is 4.79 Å². The molecule has 2 unspecified atom stereocenters. The van der Waals surface area contributed by atoms with E-state index in [2.05, 4.69) is 78.0 Å². The van der Waals surface area contributed by atoms with Crippen LogP contribution in [-0.2, 0) is 23.1 Å². The van der Waals surface area contributed by atoms with Gasteiger partial charge >= 0.3 is 5.97 Å². The molecule has 4 nitrogen and oxygen atoms in total. The van der Waals surface area contributed by atoms with Crippen LogP contribution < -0.4 is 0 Å². The van der Waals surface area contributed by atoms with Gasteiger partial charge in [-0.2, -0.15) is 0 Å². The van der Waals surface area contributed by atoms with Crippen molar-refractivity contribution in [3.63, 3.8) is 0 Å². The van der Waals surface area contributed by atoms with E-state index < -0.39 is 0 Å². The molecule has 4 heteroatoms. The van der Waals surface area contributed by atoms with Gasteiger partial charge in [0.05, 0.1) is 13.0 Å². The molecule has 31 heavy (non-hydrogen) atoms. The normalized spacial score (nSPS) is 25.8. The summed E-state index contributed by atoms with van der Waals surface area (Å²) in [5.41, 5.74) is 5.16. The quantitative estimate of drug-likeness (QED) is 0.521. The van der Waals surface area contributed by atoms with Crippen molar-refractivity contribution in [3.05, 3.63) is 71.4 Å². The standard InChI is InChI=1S/C27H32N2O2/c1-4-27-15-10-16-29(18-19-11-6-5-7-12-19)25(27)23-20-13-8-9-14-22(20)28(2)24(23)21(17-27)26(30)31-3/h5-9,11-14,21,25H,4,10,15-18H2,1-3H3/t21-,25?,27?/m1/s1. The molecule has 2 aromatic carbocycles. The third kappa shape index (κ3) is 3.11. The summed E-state index contributed by atoms with van der Waals surface area (Å²) in [4.78, 5) is 15.7. The number of fused-ring (bicyclic) bond motifs is 5. The number of methoxy groups -OCH3 is 1. The van der Waals surface area contributed by atoms with Crippen LogP contribution in [0.15, 0.2) is 54.6 Å². The van der Waals surface area contributed by atoms with E-state index in [0.717, 1.165) is 38.0 Å². The number of esters is 1. The van der Waals surface area contributed by atoms with Crippen LogP contribution in [0, 0.1) is 5.41 Å². The first-order valence-corrected chi connectivity index (χ1v) is 11.5. The molecule has 2 aliphatic rings. The lowest BCUT2D eigenvalue weighted by Crippen LogP contribution is -2.49. The highest BCUT2D eigenvalue weighted by Crippen LogP contribution is 2.60. The van der Waals surface area contributed by atoms with Crippen LogP contribution in [0.1, 0.15) is 61.4 Å². The van der Waals surface area contributed by atoms with Crippen molar-refractivity contribution in [2.24, 2.45) is 12.5 Å². The number of piperidine rings is 1. The Hall–Kier alpha value is -2.59. The number of carbonyl (C=O) groups excluding carboxylic acids is 1. The number of hydrogen-bond acceptors (Lipinski definition) is 3. The van der Waals surface area contributed by atoms with Crippen LogP contribution >= 0.6 is 0 Å². The fraction of sp³-hybridized carbons (Fsp3) is 0.444. The fourth-order valence-electron chi connectivity index (χ4n) is 6.48. The van der Waals surface area contributed by atoms with Gasteiger partial charge in [0.1, 0.15) is 0 Å². The lowest BCUT2D eigenvalue weighted by Gasteiger charge is -2.54. The average molecular weight is 417 g/mol. The average Bonchev–Trinajstić information content (AvgIpc) is 3.11. The second kappa shape index (κ2) is 7.83. The zero-order valence-corrected chi connectivity index (χ0v) is 18.8. The van der Waals surface area contributed by atoms with Gasteiger partial charge in [0.25, 0.3) is 0 Å². The van der Waals surface area contributed by atoms with Crippen LogP contribution in [0.3, 0.4) is 0 Å². The largest absolute Gasteiger partial charge is 0.469 e. The number of benzene rings is 2. The van der Waals surface area contributed by atoms with Crippen LogP contribution in [0.4, 0.5) is 0 Å². The summed E-state index contributed by atoms with van der Waals surface area (Å²) < 4.78 is 7.57. The number of rotatable bonds is 4. The molecule has 5 rings (SSSR count). The van der Waals surface area contributed by atoms with Gasteiger partial charge < -0.3 is 9.30 Å². The summed E-state index contributed by atoms with van der Waals surface area (Å²) in [6, 6.07) is 19.8. The number of para-hydroxylation sites is 1. The number of aromatic nitrogens is 1. The fourth-order valence-corrected chi connectivity index (χ4v) is 6.48. The molecular weight excluding hydrogens is 384 g/mol. The Bertz CT molecular complexity index is 1100. The van der Waals surface area contributed by atoms with Crippen molar-refractivity contribution in [2.75, 3.05) is 13.7 Å². The van der Waals surface area contributed by atoms with E-state index in [1.807, 2.05) is 0 Å². The maximum Gasteiger partial charge on any atom is 0.314 e. The minimum absolute atomic E-state index is 0.0863. The van der Waals surface area contributed by atoms with E-state index in [-0.39, 0.29) is 17.3 Å². The molecule has 0 saturated carbocycles. The molecule has 1 aliphatic carbocycles. The second-order valence-corrected chi connectivity index (χ2v) is 9.33. The van der Waals surface area contributed by atoms with Crippen molar-refractivity contribution in [1.82, 2.24) is 9.47 Å². The van der Waals surface area contributed by atoms with Crippen molar-refractivity contribution in [3.8, 4) is 0 Å². The molecule has 1 fully saturated rings. The molecule has 3 aromatic rings. The SMILES string of the molecule is CCC12CCCN(Cc3ccccc3)C1c1c(n(C)c3ccccc13)[C@H](C(=O)OC)C2. The number of ether oxygens (including phenoxy) is 1. The molecule has 162 valence electrons. The summed E-state index contributed by atoms with van der Waals surface area (Å²) in [6.45, 7) is 4.34. The van der Waals surface area contributed by atoms with E-state index in [1.54, 1.807) is 0 Å². The summed E-state index contributed by atoms with van der Waals surface area (Å²) in [5.74, 6) is -0.302. The maximum absolute atomic E-state index is 13.0. The van der Waals surface area contributed by atoms with Gasteiger partial charge in [-0.15, -0.1) is 0 Å². The highest BCUT2D eigenvalue weighted by molar-refractivity contribution is 5.90. The van der Waals surface area contributed by atoms with Crippen LogP contribution in [0.25, 0.3) is 10.9 Å². The Labute approximate surface area is 184 Å². The molecule has 3 atom stereocenters. The molecule has 0 N–H and O–H groups in total. The number of aryl methyl sites for hydroxylation is 1. The minimum atomic E-state index is -0.203. The number of hydrogen-bond donors (Lipinski definition) is 0. The predicted octanol–water partition coefficient (Wildman–Crippen LogP) is 5.57. The van der Waals surface area contributed by atoms with Gasteiger partial charge in [-0.25, -0.2) is 0 Å². The van der Waals surface area contributed by atoms with Crippen LogP contribution in [0.2, 0.25) is 0 Å². The van der Waals surface area contributed by atoms with Crippen molar-refractivity contribution in [2.45, 2.75) is 51.1 Å². The Kier molecular flexibility index (Phi) is 5.13. The molecule has 1 saturated heterocycles. The number of likely N-dealkylation sites (tertiary alicyclic amines) is 1. The Balaban J connectivity index is 1.73. The summed E-state index contributed by atoms with van der Waals surface area (Å²) in [5, 5.41) is 1.29. The van der Waals surface area contributed by atoms with Gasteiger partial charge in [0.2, 0.25) is 0 Å². The van der Waals surface area contributed by atoms with E-state index in [1.165, 1.54) is 35.6 Å². The summed E-state index contributed by atoms with van der Waals surface area (Å²) in [7, 11) is 3.64. The van der Waals surface area contributed by atoms with Gasteiger partial charge in [-0.3, -0.25) is 9.69 Å². The smallest absolute Gasteiger partial charge is 0.314 e. The third-order valence-electron chi connectivity index (χ3n) is 7.89. The molecule has 2 heterocycles. The van der Waals surface area contributed by atoms with Gasteiger partial charge in [-0.05, 0) is 54.8 Å². The monoisotopic (exact) mass is 416 g/mol. The molecule has 0 amide bonds. The van der Waals surface area contributed by atoms with Crippen molar-refractivity contribution in [1.29, 1.82) is 0 Å². The van der Waals surface area contributed by atoms with E-state index in [0.29, 0.717) is 6.04 Å². The van der Waals surface area contributed by atoms with Gasteiger partial charge in [0.15, 0.2) is 0 Å². The van der Waals surface area contributed by atoms with Crippen LogP contribution in [-0.4, -0.2) is 29.1 Å². The highest BCUT2D eigenvalue weighted by atomic mass is 16.5. The Morgan fingerprint density at radius 3 is 2.61 bits per heavy atom. The molecule has 1 aliphatic heterocycles. The van der Waals surface area contributed by atoms with E-state index in [4.69, 9.17) is 4.74 Å². The molecule has 1 aromatic heterocycles. The Morgan fingerprint density at radius 1 is 1.13 bits per heavy atom. The third-order valence-corrected chi connectivity index (χ3v) is 7.89. The highest BCUT2D eigenvalue weighted by Gasteiger charge is 2.53. The molecule has 0 bridgehead atoms. The van der Waals surface area contributed by atoms with Crippen LogP contribution in [0.5, 0.6) is 0 Å². The summed E-state index contributed by atoms with van der Waals surface area (Å²) in [6.07, 6.45) is 4.27. The second-order valence-electron chi connectivity index (χ2n) is 9.33. The van der Waals surface area contributed by atoms with Gasteiger partial charge in [0, 0.05) is 36.2 Å². The lowest BCUT2D eigenvalue weighted by molar-refractivity contribution is -0.145.